The fourth-order valence-electron chi connectivity index (χ4n) is 2.60. The van der Waals surface area contributed by atoms with E-state index in [2.05, 4.69) is 13.8 Å². The van der Waals surface area contributed by atoms with Crippen LogP contribution in [0.2, 0.25) is 0 Å². The van der Waals surface area contributed by atoms with E-state index in [9.17, 15) is 4.39 Å². The number of benzene rings is 1. The number of nitrogens with two attached hydrogens (primary N) is 1. The van der Waals surface area contributed by atoms with Crippen molar-refractivity contribution in [1.82, 2.24) is 0 Å². The van der Waals surface area contributed by atoms with Crippen LogP contribution in [0.15, 0.2) is 24.3 Å². The van der Waals surface area contributed by atoms with Crippen LogP contribution in [0, 0.1) is 17.7 Å². The highest BCUT2D eigenvalue weighted by Gasteiger charge is 2.44. The third kappa shape index (κ3) is 1.25. The topological polar surface area (TPSA) is 26.0 Å². The maximum absolute atomic E-state index is 13.5. The largest absolute Gasteiger partial charge is 0.327 e. The summed E-state index contributed by atoms with van der Waals surface area (Å²) >= 11 is 0. The van der Waals surface area contributed by atoms with Gasteiger partial charge in [-0.2, -0.15) is 0 Å². The number of hydrogen-bond acceptors (Lipinski definition) is 1. The van der Waals surface area contributed by atoms with Crippen molar-refractivity contribution >= 4 is 0 Å². The molecular weight excluding hydrogens is 177 g/mol. The Morgan fingerprint density at radius 2 is 1.71 bits per heavy atom. The van der Waals surface area contributed by atoms with E-state index in [1.165, 1.54) is 6.07 Å². The highest BCUT2D eigenvalue weighted by atomic mass is 19.1. The molecule has 1 aliphatic rings. The molecule has 1 saturated carbocycles. The first-order chi connectivity index (χ1) is 6.63. The third-order valence-electron chi connectivity index (χ3n) is 3.61. The van der Waals surface area contributed by atoms with E-state index in [0.29, 0.717) is 17.8 Å². The molecular formula is C12H16FN. The molecule has 0 heterocycles. The summed E-state index contributed by atoms with van der Waals surface area (Å²) in [7, 11) is 0. The van der Waals surface area contributed by atoms with Gasteiger partial charge in [0, 0.05) is 6.04 Å². The fourth-order valence-corrected chi connectivity index (χ4v) is 2.60. The molecule has 1 aliphatic carbocycles. The summed E-state index contributed by atoms with van der Waals surface area (Å²) in [5.74, 6) is 0.984. The van der Waals surface area contributed by atoms with Crippen LogP contribution in [0.1, 0.15) is 25.3 Å². The van der Waals surface area contributed by atoms with Gasteiger partial charge in [0.1, 0.15) is 5.82 Å². The van der Waals surface area contributed by atoms with E-state index in [1.54, 1.807) is 6.07 Å². The van der Waals surface area contributed by atoms with E-state index in [-0.39, 0.29) is 11.9 Å². The Balaban J connectivity index is 2.29. The molecule has 2 N–H and O–H groups in total. The molecule has 1 aromatic carbocycles. The van der Waals surface area contributed by atoms with E-state index >= 15 is 0 Å². The SMILES string of the molecule is CC1C(N)C(C)C1c1ccccc1F. The Hall–Kier alpha value is -0.890. The van der Waals surface area contributed by atoms with Crippen molar-refractivity contribution in [3.8, 4) is 0 Å². The van der Waals surface area contributed by atoms with E-state index in [0.717, 1.165) is 5.56 Å². The third-order valence-corrected chi connectivity index (χ3v) is 3.61. The number of rotatable bonds is 1. The zero-order chi connectivity index (χ0) is 10.3. The smallest absolute Gasteiger partial charge is 0.126 e. The Morgan fingerprint density at radius 1 is 1.14 bits per heavy atom. The standard InChI is InChI=1S/C12H16FN/c1-7-11(8(2)12(7)14)9-5-3-4-6-10(9)13/h3-8,11-12H,14H2,1-2H3. The molecule has 2 rings (SSSR count). The minimum absolute atomic E-state index is 0.0944. The highest BCUT2D eigenvalue weighted by molar-refractivity contribution is 5.27. The zero-order valence-corrected chi connectivity index (χ0v) is 8.57. The Kier molecular flexibility index (Phi) is 2.31. The molecule has 2 unspecified atom stereocenters. The maximum atomic E-state index is 13.5. The monoisotopic (exact) mass is 193 g/mol. The van der Waals surface area contributed by atoms with Crippen LogP contribution in [0.3, 0.4) is 0 Å². The molecule has 0 bridgehead atoms. The lowest BCUT2D eigenvalue weighted by Crippen LogP contribution is -2.52. The van der Waals surface area contributed by atoms with Crippen LogP contribution >= 0.6 is 0 Å². The van der Waals surface area contributed by atoms with Crippen LogP contribution in [0.25, 0.3) is 0 Å². The predicted octanol–water partition coefficient (Wildman–Crippen LogP) is 2.52. The average molecular weight is 193 g/mol. The molecule has 1 fully saturated rings. The molecule has 0 amide bonds. The van der Waals surface area contributed by atoms with Gasteiger partial charge in [0.25, 0.3) is 0 Å². The van der Waals surface area contributed by atoms with Gasteiger partial charge >= 0.3 is 0 Å². The van der Waals surface area contributed by atoms with E-state index in [4.69, 9.17) is 5.73 Å². The van der Waals surface area contributed by atoms with Gasteiger partial charge in [-0.3, -0.25) is 0 Å². The Bertz CT molecular complexity index is 327. The van der Waals surface area contributed by atoms with Gasteiger partial charge in [-0.15, -0.1) is 0 Å². The van der Waals surface area contributed by atoms with Crippen molar-refractivity contribution in [3.05, 3.63) is 35.6 Å². The molecule has 2 heteroatoms. The summed E-state index contributed by atoms with van der Waals surface area (Å²) in [5, 5.41) is 0. The number of halogens is 1. The van der Waals surface area contributed by atoms with Crippen LogP contribution in [0.5, 0.6) is 0 Å². The first-order valence-electron chi connectivity index (χ1n) is 5.13. The van der Waals surface area contributed by atoms with Crippen molar-refractivity contribution in [2.45, 2.75) is 25.8 Å². The van der Waals surface area contributed by atoms with Crippen molar-refractivity contribution in [2.75, 3.05) is 0 Å². The Labute approximate surface area is 84.1 Å². The summed E-state index contributed by atoms with van der Waals surface area (Å²) < 4.78 is 13.5. The molecule has 0 spiro atoms. The maximum Gasteiger partial charge on any atom is 0.126 e. The summed E-state index contributed by atoms with van der Waals surface area (Å²) in [6.07, 6.45) is 0. The van der Waals surface area contributed by atoms with E-state index < -0.39 is 0 Å². The lowest BCUT2D eigenvalue weighted by Gasteiger charge is -2.47. The second kappa shape index (κ2) is 3.35. The van der Waals surface area contributed by atoms with Gasteiger partial charge in [-0.05, 0) is 29.4 Å². The summed E-state index contributed by atoms with van der Waals surface area (Å²) in [4.78, 5) is 0. The van der Waals surface area contributed by atoms with Crippen LogP contribution in [-0.2, 0) is 0 Å². The molecule has 0 aliphatic heterocycles. The molecule has 1 aromatic rings. The predicted molar refractivity (Wildman–Crippen MR) is 55.4 cm³/mol. The molecule has 14 heavy (non-hydrogen) atoms. The summed E-state index contributed by atoms with van der Waals surface area (Å²) in [6.45, 7) is 4.20. The van der Waals surface area contributed by atoms with Crippen molar-refractivity contribution in [1.29, 1.82) is 0 Å². The quantitative estimate of drug-likeness (QED) is 0.728. The second-order valence-corrected chi connectivity index (χ2v) is 4.34. The summed E-state index contributed by atoms with van der Waals surface area (Å²) in [6, 6.07) is 7.24. The highest BCUT2D eigenvalue weighted by Crippen LogP contribution is 2.46. The van der Waals surface area contributed by atoms with Gasteiger partial charge in [0.2, 0.25) is 0 Å². The minimum Gasteiger partial charge on any atom is -0.327 e. The molecule has 0 radical (unpaired) electrons. The Morgan fingerprint density at radius 3 is 2.29 bits per heavy atom. The van der Waals surface area contributed by atoms with Gasteiger partial charge in [-0.25, -0.2) is 4.39 Å². The average Bonchev–Trinajstić information content (AvgIpc) is 2.21. The lowest BCUT2D eigenvalue weighted by molar-refractivity contribution is 0.126. The van der Waals surface area contributed by atoms with Gasteiger partial charge in [-0.1, -0.05) is 32.0 Å². The second-order valence-electron chi connectivity index (χ2n) is 4.34. The van der Waals surface area contributed by atoms with Gasteiger partial charge in [0.15, 0.2) is 0 Å². The molecule has 76 valence electrons. The van der Waals surface area contributed by atoms with Crippen LogP contribution in [-0.4, -0.2) is 6.04 Å². The fraction of sp³-hybridized carbons (Fsp3) is 0.500. The first-order valence-corrected chi connectivity index (χ1v) is 5.13. The number of hydrogen-bond donors (Lipinski definition) is 1. The minimum atomic E-state index is -0.0944. The van der Waals surface area contributed by atoms with Crippen LogP contribution < -0.4 is 5.73 Å². The zero-order valence-electron chi connectivity index (χ0n) is 8.57. The van der Waals surface area contributed by atoms with Crippen molar-refractivity contribution in [3.63, 3.8) is 0 Å². The van der Waals surface area contributed by atoms with Gasteiger partial charge in [0.05, 0.1) is 0 Å². The normalized spacial score (nSPS) is 36.6. The molecule has 1 nitrogen and oxygen atoms in total. The first kappa shape index (κ1) is 9.66. The van der Waals surface area contributed by atoms with Crippen molar-refractivity contribution < 1.29 is 4.39 Å². The molecule has 0 saturated heterocycles. The lowest BCUT2D eigenvalue weighted by atomic mass is 9.60. The molecule has 2 atom stereocenters. The van der Waals surface area contributed by atoms with Crippen LogP contribution in [0.4, 0.5) is 4.39 Å². The van der Waals surface area contributed by atoms with Gasteiger partial charge < -0.3 is 5.73 Å². The van der Waals surface area contributed by atoms with E-state index in [1.807, 2.05) is 12.1 Å². The molecule has 0 aromatic heterocycles. The summed E-state index contributed by atoms with van der Waals surface area (Å²) in [5.41, 5.74) is 6.75. The van der Waals surface area contributed by atoms with Crippen molar-refractivity contribution in [2.24, 2.45) is 17.6 Å².